The van der Waals surface area contributed by atoms with Gasteiger partial charge in [-0.25, -0.2) is 9.18 Å². The third-order valence-electron chi connectivity index (χ3n) is 2.01. The molecular weight excluding hydrogens is 279 g/mol. The smallest absolute Gasteiger partial charge is 0.339 e. The van der Waals surface area contributed by atoms with Gasteiger partial charge in [0.25, 0.3) is 0 Å². The van der Waals surface area contributed by atoms with E-state index < -0.39 is 11.8 Å². The molecule has 0 saturated carbocycles. The number of rotatable bonds is 5. The van der Waals surface area contributed by atoms with Gasteiger partial charge in [0.05, 0.1) is 11.1 Å². The molecule has 0 bridgehead atoms. The summed E-state index contributed by atoms with van der Waals surface area (Å²) < 4.78 is 18.6. The molecule has 1 aromatic carbocycles. The first-order valence-corrected chi connectivity index (χ1v) is 5.70. The summed E-state index contributed by atoms with van der Waals surface area (Å²) in [7, 11) is 0. The van der Waals surface area contributed by atoms with E-state index in [1.807, 2.05) is 6.92 Å². The Morgan fingerprint density at radius 2 is 2.25 bits per heavy atom. The second kappa shape index (κ2) is 5.84. The summed E-state index contributed by atoms with van der Waals surface area (Å²) >= 11 is 2.99. The third kappa shape index (κ3) is 3.20. The summed E-state index contributed by atoms with van der Waals surface area (Å²) in [5, 5.41) is 8.88. The summed E-state index contributed by atoms with van der Waals surface area (Å²) in [6.45, 7) is 2.43. The third-order valence-corrected chi connectivity index (χ3v) is 2.62. The zero-order chi connectivity index (χ0) is 12.1. The summed E-state index contributed by atoms with van der Waals surface area (Å²) in [5.74, 6) is -1.62. The van der Waals surface area contributed by atoms with Crippen LogP contribution in [-0.4, -0.2) is 17.7 Å². The van der Waals surface area contributed by atoms with Gasteiger partial charge in [-0.05, 0) is 34.5 Å². The summed E-state index contributed by atoms with van der Waals surface area (Å²) in [6.07, 6.45) is 1.78. The van der Waals surface area contributed by atoms with Gasteiger partial charge in [0.2, 0.25) is 0 Å². The highest BCUT2D eigenvalue weighted by molar-refractivity contribution is 9.10. The molecular formula is C11H12BrFO3. The standard InChI is InChI=1S/C11H12BrFO3/c1-2-3-4-16-10-6-8(12)9(13)5-7(10)11(14)15/h5-6H,2-4H2,1H3,(H,14,15). The minimum atomic E-state index is -1.20. The van der Waals surface area contributed by atoms with Crippen molar-refractivity contribution >= 4 is 21.9 Å². The van der Waals surface area contributed by atoms with E-state index in [2.05, 4.69) is 15.9 Å². The Morgan fingerprint density at radius 3 is 2.81 bits per heavy atom. The molecule has 3 nitrogen and oxygen atoms in total. The first-order chi connectivity index (χ1) is 7.56. The highest BCUT2D eigenvalue weighted by Gasteiger charge is 2.15. The fourth-order valence-corrected chi connectivity index (χ4v) is 1.46. The van der Waals surface area contributed by atoms with E-state index in [1.165, 1.54) is 6.07 Å². The molecule has 0 fully saturated rings. The maximum Gasteiger partial charge on any atom is 0.339 e. The predicted octanol–water partition coefficient (Wildman–Crippen LogP) is 3.47. The predicted molar refractivity (Wildman–Crippen MR) is 61.5 cm³/mol. The van der Waals surface area contributed by atoms with Crippen molar-refractivity contribution in [1.82, 2.24) is 0 Å². The first-order valence-electron chi connectivity index (χ1n) is 4.91. The molecule has 1 aromatic rings. The average Bonchev–Trinajstić information content (AvgIpc) is 2.23. The average molecular weight is 291 g/mol. The molecule has 1 rings (SSSR count). The van der Waals surface area contributed by atoms with E-state index in [9.17, 15) is 9.18 Å². The van der Waals surface area contributed by atoms with Crippen molar-refractivity contribution in [1.29, 1.82) is 0 Å². The molecule has 88 valence electrons. The lowest BCUT2D eigenvalue weighted by atomic mass is 10.2. The van der Waals surface area contributed by atoms with Crippen LogP contribution in [0.5, 0.6) is 5.75 Å². The lowest BCUT2D eigenvalue weighted by Gasteiger charge is -2.09. The largest absolute Gasteiger partial charge is 0.493 e. The van der Waals surface area contributed by atoms with Crippen LogP contribution in [0.3, 0.4) is 0 Å². The van der Waals surface area contributed by atoms with E-state index in [0.717, 1.165) is 18.9 Å². The monoisotopic (exact) mass is 290 g/mol. The number of hydrogen-bond donors (Lipinski definition) is 1. The molecule has 0 saturated heterocycles. The molecule has 0 spiro atoms. The van der Waals surface area contributed by atoms with E-state index in [4.69, 9.17) is 9.84 Å². The van der Waals surface area contributed by atoms with E-state index in [1.54, 1.807) is 0 Å². The Bertz CT molecular complexity index is 393. The second-order valence-corrected chi connectivity index (χ2v) is 4.12. The molecule has 5 heteroatoms. The van der Waals surface area contributed by atoms with Crippen molar-refractivity contribution in [2.75, 3.05) is 6.61 Å². The first kappa shape index (κ1) is 13.0. The zero-order valence-corrected chi connectivity index (χ0v) is 10.4. The van der Waals surface area contributed by atoms with Crippen LogP contribution < -0.4 is 4.74 Å². The molecule has 0 amide bonds. The molecule has 0 unspecified atom stereocenters. The van der Waals surface area contributed by atoms with Gasteiger partial charge in [0, 0.05) is 0 Å². The van der Waals surface area contributed by atoms with Crippen LogP contribution in [-0.2, 0) is 0 Å². The van der Waals surface area contributed by atoms with Crippen molar-refractivity contribution in [3.8, 4) is 5.75 Å². The molecule has 0 aromatic heterocycles. The Hall–Kier alpha value is -1.10. The van der Waals surface area contributed by atoms with Gasteiger partial charge in [-0.3, -0.25) is 0 Å². The number of aromatic carboxylic acids is 1. The Labute approximate surface area is 101 Å². The Kier molecular flexibility index (Phi) is 4.73. The van der Waals surface area contributed by atoms with Crippen LogP contribution >= 0.6 is 15.9 Å². The molecule has 16 heavy (non-hydrogen) atoms. The van der Waals surface area contributed by atoms with Crippen LogP contribution in [0.4, 0.5) is 4.39 Å². The van der Waals surface area contributed by atoms with Crippen molar-refractivity contribution in [2.45, 2.75) is 19.8 Å². The SMILES string of the molecule is CCCCOc1cc(Br)c(F)cc1C(=O)O. The Balaban J connectivity index is 2.95. The number of halogens is 2. The van der Waals surface area contributed by atoms with Crippen LogP contribution in [0.25, 0.3) is 0 Å². The van der Waals surface area contributed by atoms with Crippen LogP contribution in [0, 0.1) is 5.82 Å². The van der Waals surface area contributed by atoms with Crippen LogP contribution in [0.1, 0.15) is 30.1 Å². The quantitative estimate of drug-likeness (QED) is 0.845. The van der Waals surface area contributed by atoms with Gasteiger partial charge in [-0.1, -0.05) is 13.3 Å². The molecule has 0 aliphatic carbocycles. The molecule has 0 aliphatic rings. The number of benzene rings is 1. The lowest BCUT2D eigenvalue weighted by Crippen LogP contribution is -2.05. The minimum absolute atomic E-state index is 0.156. The van der Waals surface area contributed by atoms with Crippen LogP contribution in [0.15, 0.2) is 16.6 Å². The molecule has 0 atom stereocenters. The van der Waals surface area contributed by atoms with Crippen molar-refractivity contribution in [3.63, 3.8) is 0 Å². The summed E-state index contributed by atoms with van der Waals surface area (Å²) in [6, 6.07) is 2.29. The van der Waals surface area contributed by atoms with Gasteiger partial charge in [-0.15, -0.1) is 0 Å². The van der Waals surface area contributed by atoms with Crippen molar-refractivity contribution in [2.24, 2.45) is 0 Å². The number of hydrogen-bond acceptors (Lipinski definition) is 2. The molecule has 0 aliphatic heterocycles. The van der Waals surface area contributed by atoms with E-state index in [-0.39, 0.29) is 15.8 Å². The zero-order valence-electron chi connectivity index (χ0n) is 8.80. The number of carbonyl (C=O) groups is 1. The summed E-state index contributed by atoms with van der Waals surface area (Å²) in [4.78, 5) is 10.9. The fourth-order valence-electron chi connectivity index (χ4n) is 1.14. The van der Waals surface area contributed by atoms with Gasteiger partial charge < -0.3 is 9.84 Å². The highest BCUT2D eigenvalue weighted by Crippen LogP contribution is 2.27. The molecule has 0 heterocycles. The fraction of sp³-hybridized carbons (Fsp3) is 0.364. The number of carboxylic acid groups (broad SMARTS) is 1. The summed E-state index contributed by atoms with van der Waals surface area (Å²) in [5.41, 5.74) is -0.156. The Morgan fingerprint density at radius 1 is 1.56 bits per heavy atom. The number of unbranched alkanes of at least 4 members (excludes halogenated alkanes) is 1. The van der Waals surface area contributed by atoms with Crippen molar-refractivity contribution < 1.29 is 19.0 Å². The number of ether oxygens (including phenoxy) is 1. The van der Waals surface area contributed by atoms with Crippen molar-refractivity contribution in [3.05, 3.63) is 28.0 Å². The molecule has 1 N–H and O–H groups in total. The lowest BCUT2D eigenvalue weighted by molar-refractivity contribution is 0.0691. The van der Waals surface area contributed by atoms with Gasteiger partial charge in [0.1, 0.15) is 17.1 Å². The molecule has 0 radical (unpaired) electrons. The number of carboxylic acids is 1. The normalized spacial score (nSPS) is 10.2. The van der Waals surface area contributed by atoms with E-state index in [0.29, 0.717) is 6.61 Å². The van der Waals surface area contributed by atoms with Gasteiger partial charge >= 0.3 is 5.97 Å². The topological polar surface area (TPSA) is 46.5 Å². The van der Waals surface area contributed by atoms with Crippen LogP contribution in [0.2, 0.25) is 0 Å². The van der Waals surface area contributed by atoms with Gasteiger partial charge in [-0.2, -0.15) is 0 Å². The maximum atomic E-state index is 13.1. The highest BCUT2D eigenvalue weighted by atomic mass is 79.9. The van der Waals surface area contributed by atoms with Gasteiger partial charge in [0.15, 0.2) is 0 Å². The minimum Gasteiger partial charge on any atom is -0.493 e. The van der Waals surface area contributed by atoms with E-state index >= 15 is 0 Å². The maximum absolute atomic E-state index is 13.1. The second-order valence-electron chi connectivity index (χ2n) is 3.27.